The smallest absolute Gasteiger partial charge is 0.334 e. The highest BCUT2D eigenvalue weighted by Crippen LogP contribution is 2.25. The molecule has 0 aromatic rings. The van der Waals surface area contributed by atoms with E-state index in [2.05, 4.69) is 4.74 Å². The minimum atomic E-state index is -1.53. The fourth-order valence-corrected chi connectivity index (χ4v) is 1.33. The van der Waals surface area contributed by atoms with E-state index in [-0.39, 0.29) is 12.2 Å². The molecule has 86 valence electrons. The van der Waals surface area contributed by atoms with Crippen LogP contribution in [-0.4, -0.2) is 23.7 Å². The molecule has 4 heteroatoms. The van der Waals surface area contributed by atoms with Crippen LogP contribution in [0.25, 0.3) is 0 Å². The minimum Gasteiger partial charge on any atom is -0.467 e. The molecule has 0 saturated carbocycles. The molecule has 0 bridgehead atoms. The third kappa shape index (κ3) is 4.04. The first-order valence-electron chi connectivity index (χ1n) is 4.76. The van der Waals surface area contributed by atoms with Gasteiger partial charge in [-0.05, 0) is 33.6 Å². The largest absolute Gasteiger partial charge is 0.467 e. The molecular weight excluding hydrogens is 216 g/mol. The number of rotatable bonds is 5. The third-order valence-electron chi connectivity index (χ3n) is 2.11. The molecule has 3 nitrogen and oxygen atoms in total. The number of esters is 1. The maximum Gasteiger partial charge on any atom is 0.334 e. The second kappa shape index (κ2) is 5.91. The van der Waals surface area contributed by atoms with Crippen molar-refractivity contribution in [1.29, 1.82) is 0 Å². The Hall–Kier alpha value is -0.830. The van der Waals surface area contributed by atoms with E-state index in [0.717, 1.165) is 5.57 Å². The van der Waals surface area contributed by atoms with Crippen LogP contribution in [0.15, 0.2) is 11.6 Å². The first kappa shape index (κ1) is 14.2. The molecule has 1 unspecified atom stereocenters. The van der Waals surface area contributed by atoms with Crippen molar-refractivity contribution in [3.8, 4) is 0 Å². The molecule has 0 aliphatic carbocycles. The molecule has 0 fully saturated rings. The summed E-state index contributed by atoms with van der Waals surface area (Å²) in [5.41, 5.74) is 1.13. The summed E-state index contributed by atoms with van der Waals surface area (Å²) in [6, 6.07) is 0. The van der Waals surface area contributed by atoms with Crippen molar-refractivity contribution in [3.63, 3.8) is 0 Å². The fourth-order valence-electron chi connectivity index (χ4n) is 1.14. The van der Waals surface area contributed by atoms with Gasteiger partial charge in [0.05, 0.1) is 7.11 Å². The van der Waals surface area contributed by atoms with Gasteiger partial charge in [0.25, 0.3) is 0 Å². The predicted octanol–water partition coefficient (Wildman–Crippen LogP) is 2.47. The summed E-state index contributed by atoms with van der Waals surface area (Å²) < 4.78 is 4.52. The van der Waals surface area contributed by atoms with Crippen LogP contribution in [0.1, 0.15) is 33.6 Å². The van der Waals surface area contributed by atoms with E-state index in [1.165, 1.54) is 14.0 Å². The number of carbonyl (C=O) groups excluding carboxylic acids is 2. The van der Waals surface area contributed by atoms with Gasteiger partial charge in [0.2, 0.25) is 0 Å². The molecule has 0 aliphatic heterocycles. The number of hydrogen-bond donors (Lipinski definition) is 0. The quantitative estimate of drug-likeness (QED) is 0.317. The number of halogens is 1. The first-order chi connectivity index (χ1) is 6.84. The highest BCUT2D eigenvalue weighted by atomic mass is 35.5. The summed E-state index contributed by atoms with van der Waals surface area (Å²) in [5.74, 6) is -1.06. The lowest BCUT2D eigenvalue weighted by Crippen LogP contribution is -2.40. The van der Waals surface area contributed by atoms with Crippen LogP contribution in [0.4, 0.5) is 0 Å². The van der Waals surface area contributed by atoms with Crippen molar-refractivity contribution in [3.05, 3.63) is 11.6 Å². The van der Waals surface area contributed by atoms with Crippen LogP contribution >= 0.6 is 11.6 Å². The van der Waals surface area contributed by atoms with E-state index < -0.39 is 10.8 Å². The van der Waals surface area contributed by atoms with Gasteiger partial charge in [0, 0.05) is 0 Å². The van der Waals surface area contributed by atoms with Crippen LogP contribution in [0.5, 0.6) is 0 Å². The zero-order valence-corrected chi connectivity index (χ0v) is 10.4. The fraction of sp³-hybridized carbons (Fsp3) is 0.636. The van der Waals surface area contributed by atoms with Crippen LogP contribution in [-0.2, 0) is 14.3 Å². The molecule has 1 atom stereocenters. The SMILES string of the molecule is COC(=O)C(Cl)(CCC=C(C)C)C(C)=O. The molecule has 0 spiro atoms. The molecule has 0 radical (unpaired) electrons. The number of methoxy groups -OCH3 is 1. The Balaban J connectivity index is 4.61. The zero-order chi connectivity index (χ0) is 12.1. The van der Waals surface area contributed by atoms with Gasteiger partial charge in [-0.2, -0.15) is 0 Å². The lowest BCUT2D eigenvalue weighted by atomic mass is 9.97. The topological polar surface area (TPSA) is 43.4 Å². The number of carbonyl (C=O) groups is 2. The van der Waals surface area contributed by atoms with Gasteiger partial charge >= 0.3 is 5.97 Å². The molecule has 0 rings (SSSR count). The molecule has 0 aliphatic rings. The van der Waals surface area contributed by atoms with E-state index in [1.54, 1.807) is 0 Å². The summed E-state index contributed by atoms with van der Waals surface area (Å²) in [5, 5.41) is 0. The van der Waals surface area contributed by atoms with E-state index in [0.29, 0.717) is 6.42 Å². The van der Waals surface area contributed by atoms with Gasteiger partial charge in [-0.15, -0.1) is 0 Å². The van der Waals surface area contributed by atoms with Crippen LogP contribution in [0, 0.1) is 0 Å². The summed E-state index contributed by atoms with van der Waals surface area (Å²) in [7, 11) is 1.23. The van der Waals surface area contributed by atoms with Crippen LogP contribution in [0.2, 0.25) is 0 Å². The number of ketones is 1. The minimum absolute atomic E-state index is 0.266. The Labute approximate surface area is 95.4 Å². The molecule has 0 saturated heterocycles. The van der Waals surface area contributed by atoms with Crippen LogP contribution < -0.4 is 0 Å². The van der Waals surface area contributed by atoms with Crippen molar-refractivity contribution in [2.75, 3.05) is 7.11 Å². The molecule has 0 heterocycles. The Bertz CT molecular complexity index is 280. The first-order valence-corrected chi connectivity index (χ1v) is 5.14. The molecule has 15 heavy (non-hydrogen) atoms. The number of Topliss-reactive ketones (excluding diaryl/α,β-unsaturated/α-hetero) is 1. The lowest BCUT2D eigenvalue weighted by Gasteiger charge is -2.20. The van der Waals surface area contributed by atoms with Crippen molar-refractivity contribution >= 4 is 23.4 Å². The van der Waals surface area contributed by atoms with Crippen molar-refractivity contribution in [2.24, 2.45) is 0 Å². The van der Waals surface area contributed by atoms with Crippen LogP contribution in [0.3, 0.4) is 0 Å². The maximum absolute atomic E-state index is 11.4. The van der Waals surface area contributed by atoms with Gasteiger partial charge in [-0.1, -0.05) is 23.3 Å². The Morgan fingerprint density at radius 3 is 2.20 bits per heavy atom. The normalized spacial score (nSPS) is 13.9. The molecule has 0 amide bonds. The van der Waals surface area contributed by atoms with E-state index in [4.69, 9.17) is 11.6 Å². The second-order valence-corrected chi connectivity index (χ2v) is 4.31. The van der Waals surface area contributed by atoms with E-state index in [1.807, 2.05) is 19.9 Å². The standard InChI is InChI=1S/C11H17ClO3/c1-8(2)6-5-7-11(12,9(3)13)10(14)15-4/h6H,5,7H2,1-4H3. The van der Waals surface area contributed by atoms with Gasteiger partial charge < -0.3 is 4.74 Å². The molecular formula is C11H17ClO3. The maximum atomic E-state index is 11.4. The second-order valence-electron chi connectivity index (χ2n) is 3.67. The van der Waals surface area contributed by atoms with Crippen molar-refractivity contribution in [1.82, 2.24) is 0 Å². The Morgan fingerprint density at radius 1 is 1.33 bits per heavy atom. The van der Waals surface area contributed by atoms with Crippen molar-refractivity contribution in [2.45, 2.75) is 38.5 Å². The lowest BCUT2D eigenvalue weighted by molar-refractivity contribution is -0.147. The molecule has 0 aromatic heterocycles. The van der Waals surface area contributed by atoms with Gasteiger partial charge in [-0.25, -0.2) is 4.79 Å². The summed E-state index contributed by atoms with van der Waals surface area (Å²) >= 11 is 5.95. The summed E-state index contributed by atoms with van der Waals surface area (Å²) in [6.07, 6.45) is 2.78. The van der Waals surface area contributed by atoms with Gasteiger partial charge in [-0.3, -0.25) is 4.79 Å². The van der Waals surface area contributed by atoms with E-state index >= 15 is 0 Å². The monoisotopic (exact) mass is 232 g/mol. The molecule has 0 N–H and O–H groups in total. The van der Waals surface area contributed by atoms with Gasteiger partial charge in [0.1, 0.15) is 0 Å². The third-order valence-corrected chi connectivity index (χ3v) is 2.72. The number of ether oxygens (including phenoxy) is 1. The number of alkyl halides is 1. The highest BCUT2D eigenvalue weighted by molar-refractivity contribution is 6.45. The van der Waals surface area contributed by atoms with Gasteiger partial charge in [0.15, 0.2) is 10.7 Å². The number of hydrogen-bond acceptors (Lipinski definition) is 3. The van der Waals surface area contributed by atoms with Crippen molar-refractivity contribution < 1.29 is 14.3 Å². The Kier molecular flexibility index (Phi) is 5.58. The Morgan fingerprint density at radius 2 is 1.87 bits per heavy atom. The zero-order valence-electron chi connectivity index (χ0n) is 9.59. The number of allylic oxidation sites excluding steroid dienone is 2. The average molecular weight is 233 g/mol. The summed E-state index contributed by atoms with van der Waals surface area (Å²) in [6.45, 7) is 5.19. The summed E-state index contributed by atoms with van der Waals surface area (Å²) in [4.78, 5) is 21.1. The highest BCUT2D eigenvalue weighted by Gasteiger charge is 2.41. The average Bonchev–Trinajstić information content (AvgIpc) is 2.15. The van der Waals surface area contributed by atoms with E-state index in [9.17, 15) is 9.59 Å². The molecule has 0 aromatic carbocycles. The predicted molar refractivity (Wildman–Crippen MR) is 59.9 cm³/mol.